The number of carbonyl (C=O) groups excluding carboxylic acids is 2. The molecule has 1 aliphatic rings. The summed E-state index contributed by atoms with van der Waals surface area (Å²) in [5, 5.41) is 7.68. The molecule has 1 aliphatic carbocycles. The van der Waals surface area contributed by atoms with Gasteiger partial charge in [0.1, 0.15) is 5.00 Å². The summed E-state index contributed by atoms with van der Waals surface area (Å²) < 4.78 is 0. The maximum absolute atomic E-state index is 12.6. The predicted octanol–water partition coefficient (Wildman–Crippen LogP) is 4.27. The molecular weight excluding hydrogens is 322 g/mol. The van der Waals surface area contributed by atoms with Crippen LogP contribution in [0.2, 0.25) is 0 Å². The number of unbranched alkanes of at least 4 members (excludes halogenated alkanes) is 1. The lowest BCUT2D eigenvalue weighted by Crippen LogP contribution is -2.22. The number of nitrogens with zero attached hydrogens (tertiary/aromatic N) is 1. The van der Waals surface area contributed by atoms with E-state index in [0.29, 0.717) is 17.0 Å². The maximum Gasteiger partial charge on any atom is 0.274 e. The SMILES string of the molecule is CCCCC(=O)Nc1sc2c(c1C(=O)NN=C(C)C)CCCCC2. The molecule has 0 aliphatic heterocycles. The molecule has 2 amide bonds. The predicted molar refractivity (Wildman–Crippen MR) is 100.0 cm³/mol. The number of rotatable bonds is 6. The number of carbonyl (C=O) groups is 2. The molecule has 0 unspecified atom stereocenters. The molecule has 132 valence electrons. The van der Waals surface area contributed by atoms with E-state index in [9.17, 15) is 9.59 Å². The average molecular weight is 350 g/mol. The molecule has 0 spiro atoms. The van der Waals surface area contributed by atoms with E-state index in [1.807, 2.05) is 13.8 Å². The van der Waals surface area contributed by atoms with Crippen LogP contribution in [-0.2, 0) is 17.6 Å². The Kier molecular flexibility index (Phi) is 6.97. The number of thiophene rings is 1. The Morgan fingerprint density at radius 2 is 1.92 bits per heavy atom. The number of aryl methyl sites for hydroxylation is 1. The van der Waals surface area contributed by atoms with E-state index < -0.39 is 0 Å². The third-order valence-corrected chi connectivity index (χ3v) is 5.25. The zero-order chi connectivity index (χ0) is 17.5. The maximum atomic E-state index is 12.6. The van der Waals surface area contributed by atoms with Crippen LogP contribution in [0.15, 0.2) is 5.10 Å². The van der Waals surface area contributed by atoms with Gasteiger partial charge in [-0.3, -0.25) is 9.59 Å². The highest BCUT2D eigenvalue weighted by Gasteiger charge is 2.25. The number of hydrogen-bond donors (Lipinski definition) is 2. The molecule has 1 aromatic rings. The van der Waals surface area contributed by atoms with E-state index in [4.69, 9.17) is 0 Å². The summed E-state index contributed by atoms with van der Waals surface area (Å²) in [6.45, 7) is 5.73. The molecule has 0 aromatic carbocycles. The zero-order valence-electron chi connectivity index (χ0n) is 14.8. The largest absolute Gasteiger partial charge is 0.317 e. The van der Waals surface area contributed by atoms with Gasteiger partial charge < -0.3 is 5.32 Å². The van der Waals surface area contributed by atoms with Crippen molar-refractivity contribution in [2.24, 2.45) is 5.10 Å². The Bertz CT molecular complexity index is 630. The van der Waals surface area contributed by atoms with Crippen molar-refractivity contribution < 1.29 is 9.59 Å². The van der Waals surface area contributed by atoms with E-state index in [0.717, 1.165) is 49.8 Å². The number of anilines is 1. The first kappa shape index (κ1) is 18.6. The van der Waals surface area contributed by atoms with Gasteiger partial charge in [0.25, 0.3) is 5.91 Å². The summed E-state index contributed by atoms with van der Waals surface area (Å²) in [5.74, 6) is -0.237. The fourth-order valence-corrected chi connectivity index (χ4v) is 4.12. The minimum absolute atomic E-state index is 0.0162. The van der Waals surface area contributed by atoms with E-state index >= 15 is 0 Å². The van der Waals surface area contributed by atoms with Gasteiger partial charge in [0.15, 0.2) is 0 Å². The Hall–Kier alpha value is -1.69. The minimum Gasteiger partial charge on any atom is -0.317 e. The first-order valence-electron chi connectivity index (χ1n) is 8.78. The molecular formula is C18H27N3O2S. The molecule has 5 nitrogen and oxygen atoms in total. The topological polar surface area (TPSA) is 70.6 Å². The Balaban J connectivity index is 2.29. The van der Waals surface area contributed by atoms with E-state index in [-0.39, 0.29) is 11.8 Å². The molecule has 0 saturated heterocycles. The fraction of sp³-hybridized carbons (Fsp3) is 0.611. The highest BCUT2D eigenvalue weighted by atomic mass is 32.1. The Morgan fingerprint density at radius 1 is 1.17 bits per heavy atom. The van der Waals surface area contributed by atoms with Crippen LogP contribution < -0.4 is 10.7 Å². The smallest absolute Gasteiger partial charge is 0.274 e. The Morgan fingerprint density at radius 3 is 2.62 bits per heavy atom. The molecule has 0 radical (unpaired) electrons. The molecule has 0 saturated carbocycles. The first-order chi connectivity index (χ1) is 11.5. The van der Waals surface area contributed by atoms with Crippen molar-refractivity contribution >= 4 is 33.9 Å². The van der Waals surface area contributed by atoms with Gasteiger partial charge >= 0.3 is 0 Å². The van der Waals surface area contributed by atoms with E-state index in [1.54, 1.807) is 11.3 Å². The molecule has 0 fully saturated rings. The van der Waals surface area contributed by atoms with Gasteiger partial charge in [-0.2, -0.15) is 5.10 Å². The minimum atomic E-state index is -0.221. The molecule has 1 heterocycles. The monoisotopic (exact) mass is 349 g/mol. The van der Waals surface area contributed by atoms with Crippen molar-refractivity contribution in [2.75, 3.05) is 5.32 Å². The lowest BCUT2D eigenvalue weighted by atomic mass is 10.1. The number of hydrazone groups is 1. The molecule has 0 atom stereocenters. The first-order valence-corrected chi connectivity index (χ1v) is 9.60. The number of hydrogen-bond acceptors (Lipinski definition) is 4. The summed E-state index contributed by atoms with van der Waals surface area (Å²) >= 11 is 1.56. The van der Waals surface area contributed by atoms with Crippen LogP contribution in [0.25, 0.3) is 0 Å². The van der Waals surface area contributed by atoms with Gasteiger partial charge in [0.05, 0.1) is 5.56 Å². The van der Waals surface area contributed by atoms with Gasteiger partial charge in [-0.25, -0.2) is 5.43 Å². The fourth-order valence-electron chi connectivity index (χ4n) is 2.82. The van der Waals surface area contributed by atoms with Crippen LogP contribution in [0.4, 0.5) is 5.00 Å². The summed E-state index contributed by atoms with van der Waals surface area (Å²) in [6.07, 6.45) is 7.63. The standard InChI is InChI=1S/C18H27N3O2S/c1-4-5-11-15(22)19-18-16(17(23)21-20-12(2)3)13-9-7-6-8-10-14(13)24-18/h4-11H2,1-3H3,(H,19,22)(H,21,23). The van der Waals surface area contributed by atoms with Crippen molar-refractivity contribution in [2.45, 2.75) is 72.1 Å². The quantitative estimate of drug-likeness (QED) is 0.457. The van der Waals surface area contributed by atoms with Crippen LogP contribution in [0.3, 0.4) is 0 Å². The Labute approximate surface area is 147 Å². The second kappa shape index (κ2) is 8.97. The lowest BCUT2D eigenvalue weighted by molar-refractivity contribution is -0.116. The molecule has 6 heteroatoms. The number of fused-ring (bicyclic) bond motifs is 1. The molecule has 1 aromatic heterocycles. The van der Waals surface area contributed by atoms with Crippen LogP contribution in [0.5, 0.6) is 0 Å². The van der Waals surface area contributed by atoms with Gasteiger partial charge in [-0.15, -0.1) is 11.3 Å². The van der Waals surface area contributed by atoms with E-state index in [2.05, 4.69) is 22.8 Å². The summed E-state index contributed by atoms with van der Waals surface area (Å²) in [7, 11) is 0. The van der Waals surface area contributed by atoms with Crippen molar-refractivity contribution in [1.29, 1.82) is 0 Å². The third-order valence-electron chi connectivity index (χ3n) is 4.04. The lowest BCUT2D eigenvalue weighted by Gasteiger charge is -2.08. The second-order valence-corrected chi connectivity index (χ2v) is 7.53. The van der Waals surface area contributed by atoms with Crippen molar-refractivity contribution in [3.8, 4) is 0 Å². The van der Waals surface area contributed by atoms with Crippen LogP contribution >= 0.6 is 11.3 Å². The van der Waals surface area contributed by atoms with Crippen LogP contribution in [0.1, 0.15) is 80.1 Å². The number of amides is 2. The molecule has 2 N–H and O–H groups in total. The van der Waals surface area contributed by atoms with Crippen LogP contribution in [-0.4, -0.2) is 17.5 Å². The molecule has 0 bridgehead atoms. The summed E-state index contributed by atoms with van der Waals surface area (Å²) in [4.78, 5) is 26.0. The number of nitrogens with one attached hydrogen (secondary N) is 2. The van der Waals surface area contributed by atoms with Gasteiger partial charge in [0, 0.05) is 17.0 Å². The van der Waals surface area contributed by atoms with Gasteiger partial charge in [-0.05, 0) is 51.5 Å². The van der Waals surface area contributed by atoms with Crippen molar-refractivity contribution in [1.82, 2.24) is 5.43 Å². The zero-order valence-corrected chi connectivity index (χ0v) is 15.6. The summed E-state index contributed by atoms with van der Waals surface area (Å²) in [5.41, 5.74) is 5.13. The van der Waals surface area contributed by atoms with Gasteiger partial charge in [-0.1, -0.05) is 19.8 Å². The summed E-state index contributed by atoms with van der Waals surface area (Å²) in [6, 6.07) is 0. The highest BCUT2D eigenvalue weighted by Crippen LogP contribution is 2.37. The normalized spacial score (nSPS) is 13.6. The average Bonchev–Trinajstić information content (AvgIpc) is 2.71. The molecule has 2 rings (SSSR count). The second-order valence-electron chi connectivity index (χ2n) is 6.42. The van der Waals surface area contributed by atoms with Gasteiger partial charge in [0.2, 0.25) is 5.91 Å². The van der Waals surface area contributed by atoms with Crippen molar-refractivity contribution in [3.05, 3.63) is 16.0 Å². The third kappa shape index (κ3) is 4.90. The molecule has 24 heavy (non-hydrogen) atoms. The van der Waals surface area contributed by atoms with Crippen LogP contribution in [0, 0.1) is 0 Å². The van der Waals surface area contributed by atoms with Crippen molar-refractivity contribution in [3.63, 3.8) is 0 Å². The highest BCUT2D eigenvalue weighted by molar-refractivity contribution is 7.17. The van der Waals surface area contributed by atoms with E-state index in [1.165, 1.54) is 11.3 Å².